The van der Waals surface area contributed by atoms with Crippen LogP contribution in [0.15, 0.2) is 0 Å². The molecule has 0 amide bonds. The monoisotopic (exact) mass is 194 g/mol. The van der Waals surface area contributed by atoms with Crippen LogP contribution in [0.1, 0.15) is 0 Å². The molecule has 0 heterocycles. The maximum atomic E-state index is 8.86. The van der Waals surface area contributed by atoms with Crippen LogP contribution in [0.3, 0.4) is 0 Å². The molecule has 0 spiro atoms. The van der Waals surface area contributed by atoms with E-state index in [1.165, 1.54) is 0 Å². The summed E-state index contributed by atoms with van der Waals surface area (Å²) in [6.45, 7) is 1.87. The van der Waals surface area contributed by atoms with Crippen molar-refractivity contribution in [3.8, 4) is 0 Å². The van der Waals surface area contributed by atoms with E-state index in [1.807, 2.05) is 0 Å². The Morgan fingerprint density at radius 2 is 1.69 bits per heavy atom. The van der Waals surface area contributed by atoms with Crippen LogP contribution in [0, 0.1) is 0 Å². The van der Waals surface area contributed by atoms with Crippen molar-refractivity contribution in [3.05, 3.63) is 0 Å². The molecule has 0 aromatic rings. The number of aliphatic hydroxyl groups excluding tert-OH is 2. The van der Waals surface area contributed by atoms with Crippen molar-refractivity contribution in [1.29, 1.82) is 0 Å². The van der Waals surface area contributed by atoms with Gasteiger partial charge >= 0.3 is 0 Å². The molecule has 2 N–H and O–H groups in total. The lowest BCUT2D eigenvalue weighted by Crippen LogP contribution is -2.21. The number of hydrogen-bond acceptors (Lipinski definition) is 5. The standard InChI is InChI=1S/C8H18O5/c1-11-2-3-12-4-5-13-7-8(10)6-9/h8-10H,2-7H2,1H3. The van der Waals surface area contributed by atoms with Gasteiger partial charge in [0.1, 0.15) is 6.10 Å². The first-order chi connectivity index (χ1) is 6.31. The van der Waals surface area contributed by atoms with Crippen LogP contribution in [-0.4, -0.2) is 63.1 Å². The van der Waals surface area contributed by atoms with Gasteiger partial charge in [0, 0.05) is 7.11 Å². The highest BCUT2D eigenvalue weighted by atomic mass is 16.5. The Morgan fingerprint density at radius 3 is 2.31 bits per heavy atom. The molecule has 0 aliphatic rings. The second-order valence-electron chi connectivity index (χ2n) is 2.52. The molecule has 0 radical (unpaired) electrons. The van der Waals surface area contributed by atoms with Gasteiger partial charge < -0.3 is 24.4 Å². The molecule has 13 heavy (non-hydrogen) atoms. The third-order valence-electron chi connectivity index (χ3n) is 1.32. The van der Waals surface area contributed by atoms with Crippen LogP contribution in [-0.2, 0) is 14.2 Å². The minimum absolute atomic E-state index is 0.143. The molecule has 5 nitrogen and oxygen atoms in total. The average Bonchev–Trinajstić information content (AvgIpc) is 2.16. The normalized spacial score (nSPS) is 13.2. The molecule has 0 fully saturated rings. The Hall–Kier alpha value is -0.200. The summed E-state index contributed by atoms with van der Waals surface area (Å²) in [5.41, 5.74) is 0. The van der Waals surface area contributed by atoms with Crippen LogP contribution in [0.25, 0.3) is 0 Å². The average molecular weight is 194 g/mol. The number of aliphatic hydroxyl groups is 2. The van der Waals surface area contributed by atoms with Crippen LogP contribution in [0.2, 0.25) is 0 Å². The molecule has 0 aromatic carbocycles. The molecule has 1 unspecified atom stereocenters. The summed E-state index contributed by atoms with van der Waals surface area (Å²) < 4.78 is 14.9. The van der Waals surface area contributed by atoms with Gasteiger partial charge in [0.15, 0.2) is 0 Å². The molecule has 0 aliphatic carbocycles. The van der Waals surface area contributed by atoms with Crippen LogP contribution >= 0.6 is 0 Å². The minimum atomic E-state index is -0.793. The third-order valence-corrected chi connectivity index (χ3v) is 1.32. The van der Waals surface area contributed by atoms with E-state index in [4.69, 9.17) is 24.4 Å². The quantitative estimate of drug-likeness (QED) is 0.462. The first-order valence-electron chi connectivity index (χ1n) is 4.24. The van der Waals surface area contributed by atoms with E-state index in [2.05, 4.69) is 0 Å². The maximum Gasteiger partial charge on any atom is 0.100 e. The second-order valence-corrected chi connectivity index (χ2v) is 2.52. The summed E-state index contributed by atoms with van der Waals surface area (Å²) >= 11 is 0. The van der Waals surface area contributed by atoms with E-state index in [1.54, 1.807) is 7.11 Å². The Labute approximate surface area is 78.2 Å². The van der Waals surface area contributed by atoms with Gasteiger partial charge in [0.25, 0.3) is 0 Å². The van der Waals surface area contributed by atoms with E-state index >= 15 is 0 Å². The number of ether oxygens (including phenoxy) is 3. The van der Waals surface area contributed by atoms with Crippen LogP contribution in [0.5, 0.6) is 0 Å². The molecular weight excluding hydrogens is 176 g/mol. The Morgan fingerprint density at radius 1 is 1.08 bits per heavy atom. The van der Waals surface area contributed by atoms with Crippen molar-refractivity contribution in [2.24, 2.45) is 0 Å². The molecule has 0 saturated heterocycles. The van der Waals surface area contributed by atoms with Gasteiger partial charge in [-0.3, -0.25) is 0 Å². The summed E-state index contributed by atoms with van der Waals surface area (Å²) in [4.78, 5) is 0. The maximum absolute atomic E-state index is 8.86. The SMILES string of the molecule is COCCOCCOCC(O)CO. The molecule has 0 bridgehead atoms. The highest BCUT2D eigenvalue weighted by Gasteiger charge is 2.00. The number of methoxy groups -OCH3 is 1. The predicted octanol–water partition coefficient (Wildman–Crippen LogP) is -0.981. The summed E-state index contributed by atoms with van der Waals surface area (Å²) in [6, 6.07) is 0. The predicted molar refractivity (Wildman–Crippen MR) is 46.6 cm³/mol. The van der Waals surface area contributed by atoms with E-state index < -0.39 is 6.10 Å². The molecule has 80 valence electrons. The molecule has 1 atom stereocenters. The highest BCUT2D eigenvalue weighted by Crippen LogP contribution is 1.84. The highest BCUT2D eigenvalue weighted by molar-refractivity contribution is 4.48. The van der Waals surface area contributed by atoms with Crippen molar-refractivity contribution in [3.63, 3.8) is 0 Å². The van der Waals surface area contributed by atoms with Crippen molar-refractivity contribution in [2.45, 2.75) is 6.10 Å². The third kappa shape index (κ3) is 9.72. The lowest BCUT2D eigenvalue weighted by molar-refractivity contribution is -0.0202. The van der Waals surface area contributed by atoms with Gasteiger partial charge in [0.05, 0.1) is 39.6 Å². The Balaban J connectivity index is 2.91. The zero-order valence-corrected chi connectivity index (χ0v) is 7.94. The lowest BCUT2D eigenvalue weighted by Gasteiger charge is -2.08. The fourth-order valence-electron chi connectivity index (χ4n) is 0.634. The van der Waals surface area contributed by atoms with Crippen molar-refractivity contribution in [1.82, 2.24) is 0 Å². The first-order valence-corrected chi connectivity index (χ1v) is 4.24. The summed E-state index contributed by atoms with van der Waals surface area (Å²) in [7, 11) is 1.61. The zero-order chi connectivity index (χ0) is 9.94. The zero-order valence-electron chi connectivity index (χ0n) is 7.94. The second kappa shape index (κ2) is 9.88. The van der Waals surface area contributed by atoms with Crippen molar-refractivity contribution < 1.29 is 24.4 Å². The smallest absolute Gasteiger partial charge is 0.100 e. The van der Waals surface area contributed by atoms with Crippen molar-refractivity contribution in [2.75, 3.05) is 46.8 Å². The van der Waals surface area contributed by atoms with E-state index in [-0.39, 0.29) is 13.2 Å². The number of hydrogen-bond donors (Lipinski definition) is 2. The molecule has 5 heteroatoms. The number of rotatable bonds is 9. The summed E-state index contributed by atoms with van der Waals surface area (Å²) in [5.74, 6) is 0. The minimum Gasteiger partial charge on any atom is -0.394 e. The van der Waals surface area contributed by atoms with Crippen LogP contribution in [0.4, 0.5) is 0 Å². The van der Waals surface area contributed by atoms with Gasteiger partial charge in [0.2, 0.25) is 0 Å². The van der Waals surface area contributed by atoms with Crippen LogP contribution < -0.4 is 0 Å². The Kier molecular flexibility index (Phi) is 9.73. The van der Waals surface area contributed by atoms with E-state index in [9.17, 15) is 0 Å². The van der Waals surface area contributed by atoms with Gasteiger partial charge in [-0.1, -0.05) is 0 Å². The molecule has 0 aromatic heterocycles. The Bertz CT molecular complexity index is 98.5. The van der Waals surface area contributed by atoms with Gasteiger partial charge in [-0.15, -0.1) is 0 Å². The largest absolute Gasteiger partial charge is 0.394 e. The fraction of sp³-hybridized carbons (Fsp3) is 1.00. The summed E-state index contributed by atoms with van der Waals surface area (Å²) in [5, 5.41) is 17.3. The molecule has 0 saturated carbocycles. The van der Waals surface area contributed by atoms with Gasteiger partial charge in [-0.2, -0.15) is 0 Å². The van der Waals surface area contributed by atoms with Crippen molar-refractivity contribution >= 4 is 0 Å². The fourth-order valence-corrected chi connectivity index (χ4v) is 0.634. The summed E-state index contributed by atoms with van der Waals surface area (Å²) in [6.07, 6.45) is -0.793. The molecule has 0 aliphatic heterocycles. The van der Waals surface area contributed by atoms with E-state index in [0.29, 0.717) is 26.4 Å². The van der Waals surface area contributed by atoms with Gasteiger partial charge in [-0.25, -0.2) is 0 Å². The van der Waals surface area contributed by atoms with Gasteiger partial charge in [-0.05, 0) is 0 Å². The molecular formula is C8H18O5. The first kappa shape index (κ1) is 12.8. The molecule has 0 rings (SSSR count). The topological polar surface area (TPSA) is 68.2 Å². The lowest BCUT2D eigenvalue weighted by atomic mass is 10.4. The van der Waals surface area contributed by atoms with E-state index in [0.717, 1.165) is 0 Å².